The predicted molar refractivity (Wildman–Crippen MR) is 63.4 cm³/mol. The van der Waals surface area contributed by atoms with Crippen LogP contribution in [0.3, 0.4) is 0 Å². The molecule has 0 aromatic heterocycles. The van der Waals surface area contributed by atoms with Gasteiger partial charge in [0, 0.05) is 12.4 Å². The molecule has 0 spiro atoms. The zero-order valence-corrected chi connectivity index (χ0v) is 10.5. The van der Waals surface area contributed by atoms with Crippen LogP contribution in [0, 0.1) is 0 Å². The van der Waals surface area contributed by atoms with E-state index < -0.39 is 6.43 Å². The summed E-state index contributed by atoms with van der Waals surface area (Å²) in [7, 11) is 1.60. The summed E-state index contributed by atoms with van der Waals surface area (Å²) in [5.41, 5.74) is 1.65. The van der Waals surface area contributed by atoms with Crippen LogP contribution in [0.5, 0.6) is 0 Å². The first-order valence-corrected chi connectivity index (χ1v) is 5.88. The molecule has 0 atom stereocenters. The van der Waals surface area contributed by atoms with E-state index >= 15 is 0 Å². The second-order valence-electron chi connectivity index (χ2n) is 3.19. The average Bonchev–Trinajstić information content (AvgIpc) is 2.16. The number of hydrogen-bond donors (Lipinski definition) is 0. The standard InChI is InChI=1S/C10H11BrClF2N/c1-15(6-10(13)14)9-3-2-7(5-11)4-8(9)12/h2-4,10H,5-6H2,1H3. The van der Waals surface area contributed by atoms with Gasteiger partial charge in [0.05, 0.1) is 17.3 Å². The topological polar surface area (TPSA) is 3.24 Å². The summed E-state index contributed by atoms with van der Waals surface area (Å²) >= 11 is 9.28. The van der Waals surface area contributed by atoms with Gasteiger partial charge in [-0.25, -0.2) is 8.78 Å². The fourth-order valence-electron chi connectivity index (χ4n) is 1.25. The lowest BCUT2D eigenvalue weighted by atomic mass is 10.2. The van der Waals surface area contributed by atoms with E-state index in [1.54, 1.807) is 19.2 Å². The highest BCUT2D eigenvalue weighted by atomic mass is 79.9. The van der Waals surface area contributed by atoms with Gasteiger partial charge in [-0.2, -0.15) is 0 Å². The number of rotatable bonds is 4. The van der Waals surface area contributed by atoms with Gasteiger partial charge in [0.2, 0.25) is 0 Å². The SMILES string of the molecule is CN(CC(F)F)c1ccc(CBr)cc1Cl. The van der Waals surface area contributed by atoms with Gasteiger partial charge >= 0.3 is 0 Å². The first-order valence-electron chi connectivity index (χ1n) is 4.38. The highest BCUT2D eigenvalue weighted by Gasteiger charge is 2.11. The third-order valence-corrected chi connectivity index (χ3v) is 2.94. The molecule has 0 saturated heterocycles. The number of halogens is 4. The maximum atomic E-state index is 12.2. The molecule has 1 rings (SSSR count). The third-order valence-electron chi connectivity index (χ3n) is 1.99. The van der Waals surface area contributed by atoms with Gasteiger partial charge in [0.25, 0.3) is 6.43 Å². The lowest BCUT2D eigenvalue weighted by Crippen LogP contribution is -2.24. The molecular weight excluding hydrogens is 287 g/mol. The summed E-state index contributed by atoms with van der Waals surface area (Å²) in [6.07, 6.45) is -2.36. The number of alkyl halides is 3. The summed E-state index contributed by atoms with van der Waals surface area (Å²) < 4.78 is 24.3. The predicted octanol–water partition coefficient (Wildman–Crippen LogP) is 3.94. The minimum Gasteiger partial charge on any atom is -0.368 e. The molecule has 0 bridgehead atoms. The lowest BCUT2D eigenvalue weighted by Gasteiger charge is -2.20. The second kappa shape index (κ2) is 5.66. The van der Waals surface area contributed by atoms with Crippen molar-refractivity contribution in [2.75, 3.05) is 18.5 Å². The normalized spacial score (nSPS) is 10.8. The van der Waals surface area contributed by atoms with Crippen molar-refractivity contribution in [1.82, 2.24) is 0 Å². The Labute approximate surface area is 101 Å². The van der Waals surface area contributed by atoms with E-state index in [-0.39, 0.29) is 6.54 Å². The molecule has 0 aliphatic rings. The Morgan fingerprint density at radius 1 is 1.47 bits per heavy atom. The first kappa shape index (κ1) is 12.7. The van der Waals surface area contributed by atoms with Gasteiger partial charge in [-0.15, -0.1) is 0 Å². The Kier molecular flexibility index (Phi) is 4.80. The monoisotopic (exact) mass is 297 g/mol. The Morgan fingerprint density at radius 2 is 2.13 bits per heavy atom. The molecule has 0 N–H and O–H groups in total. The van der Waals surface area contributed by atoms with E-state index in [9.17, 15) is 8.78 Å². The van der Waals surface area contributed by atoms with Gasteiger partial charge in [-0.3, -0.25) is 0 Å². The number of hydrogen-bond acceptors (Lipinski definition) is 1. The van der Waals surface area contributed by atoms with Gasteiger partial charge in [-0.1, -0.05) is 33.6 Å². The molecule has 15 heavy (non-hydrogen) atoms. The lowest BCUT2D eigenvalue weighted by molar-refractivity contribution is 0.156. The van der Waals surface area contributed by atoms with Gasteiger partial charge in [-0.05, 0) is 17.7 Å². The van der Waals surface area contributed by atoms with Gasteiger partial charge < -0.3 is 4.90 Å². The third kappa shape index (κ3) is 3.61. The van der Waals surface area contributed by atoms with Crippen LogP contribution < -0.4 is 4.90 Å². The van der Waals surface area contributed by atoms with Crippen LogP contribution in [0.1, 0.15) is 5.56 Å². The van der Waals surface area contributed by atoms with E-state index in [0.29, 0.717) is 16.0 Å². The number of anilines is 1. The van der Waals surface area contributed by atoms with Crippen molar-refractivity contribution in [1.29, 1.82) is 0 Å². The maximum absolute atomic E-state index is 12.2. The van der Waals surface area contributed by atoms with Crippen LogP contribution in [0.2, 0.25) is 5.02 Å². The molecule has 0 amide bonds. The van der Waals surface area contributed by atoms with Gasteiger partial charge in [0.15, 0.2) is 0 Å². The van der Waals surface area contributed by atoms with Crippen molar-refractivity contribution in [3.63, 3.8) is 0 Å². The van der Waals surface area contributed by atoms with Crippen LogP contribution in [-0.2, 0) is 5.33 Å². The molecule has 1 aromatic rings. The molecule has 0 radical (unpaired) electrons. The van der Waals surface area contributed by atoms with E-state index in [4.69, 9.17) is 11.6 Å². The largest absolute Gasteiger partial charge is 0.368 e. The average molecular weight is 299 g/mol. The fraction of sp³-hybridized carbons (Fsp3) is 0.400. The van der Waals surface area contributed by atoms with Crippen molar-refractivity contribution >= 4 is 33.2 Å². The molecule has 0 fully saturated rings. The summed E-state index contributed by atoms with van der Waals surface area (Å²) in [6.45, 7) is -0.312. The van der Waals surface area contributed by atoms with Crippen molar-refractivity contribution < 1.29 is 8.78 Å². The van der Waals surface area contributed by atoms with Crippen LogP contribution in [0.25, 0.3) is 0 Å². The Morgan fingerprint density at radius 3 is 2.60 bits per heavy atom. The molecule has 1 aromatic carbocycles. The van der Waals surface area contributed by atoms with Crippen molar-refractivity contribution in [2.45, 2.75) is 11.8 Å². The number of nitrogens with zero attached hydrogens (tertiary/aromatic N) is 1. The molecule has 0 heterocycles. The highest BCUT2D eigenvalue weighted by molar-refractivity contribution is 9.08. The summed E-state index contributed by atoms with van der Waals surface area (Å²) in [6, 6.07) is 5.38. The van der Waals surface area contributed by atoms with E-state index in [2.05, 4.69) is 15.9 Å². The Balaban J connectivity index is 2.85. The first-order chi connectivity index (χ1) is 7.04. The van der Waals surface area contributed by atoms with Crippen molar-refractivity contribution in [3.05, 3.63) is 28.8 Å². The van der Waals surface area contributed by atoms with Gasteiger partial charge in [0.1, 0.15) is 0 Å². The number of benzene rings is 1. The zero-order valence-electron chi connectivity index (χ0n) is 8.18. The van der Waals surface area contributed by atoms with Crippen LogP contribution in [0.4, 0.5) is 14.5 Å². The Bertz CT molecular complexity index is 333. The molecule has 0 aliphatic heterocycles. The zero-order chi connectivity index (χ0) is 11.4. The Hall–Kier alpha value is -0.350. The maximum Gasteiger partial charge on any atom is 0.255 e. The van der Waals surface area contributed by atoms with Crippen LogP contribution in [0.15, 0.2) is 18.2 Å². The molecule has 1 nitrogen and oxygen atoms in total. The molecule has 0 unspecified atom stereocenters. The summed E-state index contributed by atoms with van der Waals surface area (Å²) in [5, 5.41) is 1.20. The summed E-state index contributed by atoms with van der Waals surface area (Å²) in [5.74, 6) is 0. The minimum absolute atomic E-state index is 0.312. The van der Waals surface area contributed by atoms with E-state index in [1.807, 2.05) is 6.07 Å². The van der Waals surface area contributed by atoms with E-state index in [0.717, 1.165) is 5.56 Å². The summed E-state index contributed by atoms with van der Waals surface area (Å²) in [4.78, 5) is 1.45. The molecule has 84 valence electrons. The van der Waals surface area contributed by atoms with Crippen LogP contribution >= 0.6 is 27.5 Å². The minimum atomic E-state index is -2.36. The second-order valence-corrected chi connectivity index (χ2v) is 4.16. The molecular formula is C10H11BrClF2N. The highest BCUT2D eigenvalue weighted by Crippen LogP contribution is 2.27. The molecule has 0 aliphatic carbocycles. The van der Waals surface area contributed by atoms with Crippen LogP contribution in [-0.4, -0.2) is 20.0 Å². The van der Waals surface area contributed by atoms with Crippen molar-refractivity contribution in [2.24, 2.45) is 0 Å². The fourth-order valence-corrected chi connectivity index (χ4v) is 1.94. The smallest absolute Gasteiger partial charge is 0.255 e. The van der Waals surface area contributed by atoms with Crippen molar-refractivity contribution in [3.8, 4) is 0 Å². The molecule has 5 heteroatoms. The molecule has 0 saturated carbocycles. The van der Waals surface area contributed by atoms with E-state index in [1.165, 1.54) is 4.90 Å². The quantitative estimate of drug-likeness (QED) is 0.761.